The number of carbonyl (C=O) groups is 2. The molecule has 6 heteroatoms. The van der Waals surface area contributed by atoms with Crippen molar-refractivity contribution < 1.29 is 23.8 Å². The molecule has 0 fully saturated rings. The number of rotatable bonds is 8. The molecule has 0 unspecified atom stereocenters. The molecule has 0 aliphatic heterocycles. The lowest BCUT2D eigenvalue weighted by Crippen LogP contribution is -2.18. The summed E-state index contributed by atoms with van der Waals surface area (Å²) in [7, 11) is 1.56. The van der Waals surface area contributed by atoms with Gasteiger partial charge in [-0.25, -0.2) is 4.79 Å². The molecule has 2 aromatic rings. The average Bonchev–Trinajstić information content (AvgIpc) is 2.62. The lowest BCUT2D eigenvalue weighted by Gasteiger charge is -2.12. The fraction of sp³-hybridized carbons (Fsp3) is 0.263. The molecule has 0 heterocycles. The number of methoxy groups -OCH3 is 1. The normalized spacial score (nSPS) is 10.0. The molecule has 0 saturated carbocycles. The van der Waals surface area contributed by atoms with Crippen LogP contribution in [0.4, 0.5) is 5.69 Å². The van der Waals surface area contributed by atoms with Gasteiger partial charge in [0.25, 0.3) is 0 Å². The summed E-state index contributed by atoms with van der Waals surface area (Å²) in [4.78, 5) is 24.0. The number of nitrogens with one attached hydrogen (secondary N) is 1. The zero-order chi connectivity index (χ0) is 18.1. The molecule has 0 atom stereocenters. The second kappa shape index (κ2) is 9.32. The molecule has 132 valence electrons. The van der Waals surface area contributed by atoms with E-state index in [9.17, 15) is 9.59 Å². The van der Waals surface area contributed by atoms with Crippen molar-refractivity contribution in [2.24, 2.45) is 0 Å². The number of hydrogen-bond acceptors (Lipinski definition) is 5. The fourth-order valence-corrected chi connectivity index (χ4v) is 2.18. The Kier molecular flexibility index (Phi) is 6.83. The van der Waals surface area contributed by atoms with Crippen molar-refractivity contribution in [3.8, 4) is 11.5 Å². The van der Waals surface area contributed by atoms with Gasteiger partial charge in [0.1, 0.15) is 0 Å². The van der Waals surface area contributed by atoms with E-state index in [0.29, 0.717) is 22.7 Å². The number of para-hydroxylation sites is 3. The molecule has 0 aliphatic carbocycles. The maximum absolute atomic E-state index is 12.1. The van der Waals surface area contributed by atoms with Gasteiger partial charge in [-0.15, -0.1) is 0 Å². The largest absolute Gasteiger partial charge is 0.493 e. The van der Waals surface area contributed by atoms with Crippen molar-refractivity contribution >= 4 is 17.6 Å². The third-order valence-corrected chi connectivity index (χ3v) is 3.35. The van der Waals surface area contributed by atoms with Gasteiger partial charge in [0, 0.05) is 0 Å². The van der Waals surface area contributed by atoms with Crippen molar-refractivity contribution in [3.05, 3.63) is 54.1 Å². The molecule has 2 aromatic carbocycles. The van der Waals surface area contributed by atoms with Gasteiger partial charge in [-0.1, -0.05) is 24.3 Å². The number of benzene rings is 2. The van der Waals surface area contributed by atoms with Gasteiger partial charge in [0.2, 0.25) is 5.91 Å². The molecule has 0 spiro atoms. The van der Waals surface area contributed by atoms with E-state index in [1.54, 1.807) is 50.4 Å². The van der Waals surface area contributed by atoms with Crippen LogP contribution in [-0.4, -0.2) is 32.2 Å². The highest BCUT2D eigenvalue weighted by atomic mass is 16.5. The molecule has 25 heavy (non-hydrogen) atoms. The second-order valence-electron chi connectivity index (χ2n) is 5.06. The molecule has 0 aliphatic rings. The van der Waals surface area contributed by atoms with E-state index in [4.69, 9.17) is 14.2 Å². The predicted octanol–water partition coefficient (Wildman–Crippen LogP) is 3.28. The number of hydrogen-bond donors (Lipinski definition) is 1. The van der Waals surface area contributed by atoms with Crippen LogP contribution in [0.2, 0.25) is 0 Å². The van der Waals surface area contributed by atoms with Crippen LogP contribution in [0, 0.1) is 0 Å². The minimum absolute atomic E-state index is 0.134. The molecule has 0 bridgehead atoms. The quantitative estimate of drug-likeness (QED) is 0.745. The second-order valence-corrected chi connectivity index (χ2v) is 5.06. The maximum atomic E-state index is 12.1. The minimum atomic E-state index is -0.469. The van der Waals surface area contributed by atoms with Crippen molar-refractivity contribution in [1.82, 2.24) is 0 Å². The van der Waals surface area contributed by atoms with E-state index in [2.05, 4.69) is 5.32 Å². The summed E-state index contributed by atoms with van der Waals surface area (Å²) in [5, 5.41) is 2.71. The Labute approximate surface area is 146 Å². The zero-order valence-electron chi connectivity index (χ0n) is 14.3. The molecular formula is C19H21NO5. The summed E-state index contributed by atoms with van der Waals surface area (Å²) >= 11 is 0. The topological polar surface area (TPSA) is 73.9 Å². The van der Waals surface area contributed by atoms with Crippen LogP contribution in [-0.2, 0) is 9.53 Å². The molecule has 1 amide bonds. The summed E-state index contributed by atoms with van der Waals surface area (Å²) in [5.41, 5.74) is 0.742. The van der Waals surface area contributed by atoms with Crippen molar-refractivity contribution in [2.75, 3.05) is 25.6 Å². The van der Waals surface area contributed by atoms with E-state index in [1.165, 1.54) is 0 Å². The first kappa shape index (κ1) is 18.3. The highest BCUT2D eigenvalue weighted by molar-refractivity contribution is 6.01. The van der Waals surface area contributed by atoms with Crippen LogP contribution in [0.5, 0.6) is 11.5 Å². The number of anilines is 1. The Balaban J connectivity index is 1.92. The number of carbonyl (C=O) groups excluding carboxylic acids is 2. The highest BCUT2D eigenvalue weighted by Crippen LogP contribution is 2.25. The van der Waals surface area contributed by atoms with E-state index < -0.39 is 5.97 Å². The van der Waals surface area contributed by atoms with E-state index >= 15 is 0 Å². The molecular weight excluding hydrogens is 322 g/mol. The lowest BCUT2D eigenvalue weighted by molar-refractivity contribution is -0.116. The van der Waals surface area contributed by atoms with E-state index in [-0.39, 0.29) is 25.5 Å². The summed E-state index contributed by atoms with van der Waals surface area (Å²) in [6.45, 7) is 2.19. The number of amides is 1. The van der Waals surface area contributed by atoms with Crippen LogP contribution in [0.3, 0.4) is 0 Å². The minimum Gasteiger partial charge on any atom is -0.493 e. The first-order chi connectivity index (χ1) is 12.2. The Morgan fingerprint density at radius 2 is 1.68 bits per heavy atom. The average molecular weight is 343 g/mol. The smallest absolute Gasteiger partial charge is 0.340 e. The van der Waals surface area contributed by atoms with E-state index in [1.807, 2.05) is 12.1 Å². The maximum Gasteiger partial charge on any atom is 0.340 e. The van der Waals surface area contributed by atoms with E-state index in [0.717, 1.165) is 0 Å². The lowest BCUT2D eigenvalue weighted by atomic mass is 10.1. The van der Waals surface area contributed by atoms with Crippen molar-refractivity contribution in [1.29, 1.82) is 0 Å². The van der Waals surface area contributed by atoms with Crippen molar-refractivity contribution in [3.63, 3.8) is 0 Å². The summed E-state index contributed by atoms with van der Waals surface area (Å²) in [5.74, 6) is 0.454. The van der Waals surface area contributed by atoms with Crippen LogP contribution < -0.4 is 14.8 Å². The third-order valence-electron chi connectivity index (χ3n) is 3.35. The molecule has 0 radical (unpaired) electrons. The Morgan fingerprint density at radius 1 is 1.00 bits per heavy atom. The first-order valence-corrected chi connectivity index (χ1v) is 7.97. The Hall–Kier alpha value is -3.02. The summed E-state index contributed by atoms with van der Waals surface area (Å²) < 4.78 is 15.7. The summed E-state index contributed by atoms with van der Waals surface area (Å²) in [6.07, 6.45) is 0.134. The summed E-state index contributed by atoms with van der Waals surface area (Å²) in [6, 6.07) is 13.9. The van der Waals surface area contributed by atoms with Gasteiger partial charge < -0.3 is 19.5 Å². The van der Waals surface area contributed by atoms with Crippen LogP contribution >= 0.6 is 0 Å². The van der Waals surface area contributed by atoms with Crippen LogP contribution in [0.1, 0.15) is 23.7 Å². The molecule has 0 aromatic heterocycles. The zero-order valence-corrected chi connectivity index (χ0v) is 14.3. The predicted molar refractivity (Wildman–Crippen MR) is 94.1 cm³/mol. The van der Waals surface area contributed by atoms with Gasteiger partial charge >= 0.3 is 5.97 Å². The standard InChI is InChI=1S/C19H21NO5/c1-3-24-19(22)14-8-4-5-9-15(14)20-18(21)12-13-25-17-11-7-6-10-16(17)23-2/h4-11H,3,12-13H2,1-2H3,(H,20,21). The molecule has 6 nitrogen and oxygen atoms in total. The SMILES string of the molecule is CCOC(=O)c1ccccc1NC(=O)CCOc1ccccc1OC. The van der Waals surface area contributed by atoms with Gasteiger partial charge in [-0.05, 0) is 31.2 Å². The van der Waals surface area contributed by atoms with Crippen LogP contribution in [0.25, 0.3) is 0 Å². The Morgan fingerprint density at radius 3 is 2.40 bits per heavy atom. The van der Waals surface area contributed by atoms with Gasteiger partial charge in [0.15, 0.2) is 11.5 Å². The van der Waals surface area contributed by atoms with Gasteiger partial charge in [-0.2, -0.15) is 0 Å². The highest BCUT2D eigenvalue weighted by Gasteiger charge is 2.14. The third kappa shape index (κ3) is 5.24. The molecule has 1 N–H and O–H groups in total. The first-order valence-electron chi connectivity index (χ1n) is 7.97. The van der Waals surface area contributed by atoms with Gasteiger partial charge in [-0.3, -0.25) is 4.79 Å². The monoisotopic (exact) mass is 343 g/mol. The van der Waals surface area contributed by atoms with Gasteiger partial charge in [0.05, 0.1) is 38.0 Å². The van der Waals surface area contributed by atoms with Crippen molar-refractivity contribution in [2.45, 2.75) is 13.3 Å². The number of ether oxygens (including phenoxy) is 3. The number of esters is 1. The molecule has 2 rings (SSSR count). The van der Waals surface area contributed by atoms with Crippen LogP contribution in [0.15, 0.2) is 48.5 Å². The molecule has 0 saturated heterocycles. The Bertz CT molecular complexity index is 729. The fourth-order valence-electron chi connectivity index (χ4n) is 2.18.